The lowest BCUT2D eigenvalue weighted by atomic mass is 10.2. The zero-order valence-corrected chi connectivity index (χ0v) is 9.76. The third kappa shape index (κ3) is 3.54. The van der Waals surface area contributed by atoms with Gasteiger partial charge in [0.05, 0.1) is 6.54 Å². The first-order valence-electron chi connectivity index (χ1n) is 5.21. The molecule has 1 aromatic carbocycles. The Morgan fingerprint density at radius 2 is 2.00 bits per heavy atom. The molecular weight excluding hydrogens is 214 g/mol. The fraction of sp³-hybridized carbons (Fsp3) is 0.143. The van der Waals surface area contributed by atoms with Crippen molar-refractivity contribution in [3.63, 3.8) is 0 Å². The topological polar surface area (TPSA) is 12.0 Å². The van der Waals surface area contributed by atoms with E-state index in [1.165, 1.54) is 5.56 Å². The number of thiophene rings is 1. The fourth-order valence-corrected chi connectivity index (χ4v) is 2.00. The predicted molar refractivity (Wildman–Crippen MR) is 69.3 cm³/mol. The van der Waals surface area contributed by atoms with E-state index in [1.54, 1.807) is 11.3 Å². The Bertz CT molecular complexity index is 462. The van der Waals surface area contributed by atoms with Crippen molar-refractivity contribution in [3.05, 3.63) is 58.3 Å². The average molecular weight is 227 g/mol. The zero-order chi connectivity index (χ0) is 11.1. The molecule has 2 rings (SSSR count). The lowest BCUT2D eigenvalue weighted by Gasteiger charge is -1.95. The Kier molecular flexibility index (Phi) is 4.18. The summed E-state index contributed by atoms with van der Waals surface area (Å²) in [4.78, 5) is 0. The van der Waals surface area contributed by atoms with E-state index in [0.717, 1.165) is 18.7 Å². The van der Waals surface area contributed by atoms with Crippen LogP contribution in [0.1, 0.15) is 11.1 Å². The minimum atomic E-state index is 0.727. The Labute approximate surface area is 100 Å². The van der Waals surface area contributed by atoms with Crippen molar-refractivity contribution in [1.29, 1.82) is 0 Å². The zero-order valence-electron chi connectivity index (χ0n) is 8.94. The SMILES string of the molecule is C(#Cc1ccccc1)CNCc1ccsc1. The first-order valence-corrected chi connectivity index (χ1v) is 6.15. The van der Waals surface area contributed by atoms with Crippen LogP contribution in [0.4, 0.5) is 0 Å². The van der Waals surface area contributed by atoms with Gasteiger partial charge in [-0.15, -0.1) is 0 Å². The van der Waals surface area contributed by atoms with Crippen molar-refractivity contribution in [1.82, 2.24) is 5.32 Å². The molecule has 0 saturated carbocycles. The minimum Gasteiger partial charge on any atom is -0.302 e. The molecule has 0 unspecified atom stereocenters. The van der Waals surface area contributed by atoms with Crippen LogP contribution in [0.5, 0.6) is 0 Å². The van der Waals surface area contributed by atoms with Crippen molar-refractivity contribution in [2.24, 2.45) is 0 Å². The lowest BCUT2D eigenvalue weighted by molar-refractivity contribution is 0.772. The van der Waals surface area contributed by atoms with Crippen molar-refractivity contribution >= 4 is 11.3 Å². The van der Waals surface area contributed by atoms with Gasteiger partial charge in [0.15, 0.2) is 0 Å². The lowest BCUT2D eigenvalue weighted by Crippen LogP contribution is -2.12. The highest BCUT2D eigenvalue weighted by atomic mass is 32.1. The summed E-state index contributed by atoms with van der Waals surface area (Å²) in [6, 6.07) is 12.2. The van der Waals surface area contributed by atoms with Gasteiger partial charge in [-0.3, -0.25) is 0 Å². The van der Waals surface area contributed by atoms with Gasteiger partial charge in [-0.25, -0.2) is 0 Å². The molecule has 0 atom stereocenters. The van der Waals surface area contributed by atoms with Gasteiger partial charge in [0.2, 0.25) is 0 Å². The molecule has 0 fully saturated rings. The van der Waals surface area contributed by atoms with Crippen LogP contribution in [0.15, 0.2) is 47.2 Å². The van der Waals surface area contributed by atoms with Gasteiger partial charge in [-0.05, 0) is 34.5 Å². The molecule has 0 aliphatic carbocycles. The summed E-state index contributed by atoms with van der Waals surface area (Å²) < 4.78 is 0. The standard InChI is InChI=1S/C14H13NS/c1-2-5-13(6-3-1)7-4-9-15-11-14-8-10-16-12-14/h1-3,5-6,8,10,12,15H,9,11H2. The van der Waals surface area contributed by atoms with E-state index in [9.17, 15) is 0 Å². The Morgan fingerprint density at radius 3 is 2.75 bits per heavy atom. The molecule has 0 bridgehead atoms. The third-order valence-corrected chi connectivity index (χ3v) is 2.86. The second kappa shape index (κ2) is 6.12. The number of benzene rings is 1. The van der Waals surface area contributed by atoms with Crippen LogP contribution >= 0.6 is 11.3 Å². The normalized spacial score (nSPS) is 9.50. The number of rotatable bonds is 3. The smallest absolute Gasteiger partial charge is 0.0582 e. The molecule has 0 saturated heterocycles. The molecular formula is C14H13NS. The quantitative estimate of drug-likeness (QED) is 0.628. The highest BCUT2D eigenvalue weighted by molar-refractivity contribution is 7.07. The first-order chi connectivity index (χ1) is 7.95. The van der Waals surface area contributed by atoms with E-state index in [0.29, 0.717) is 0 Å². The van der Waals surface area contributed by atoms with Crippen molar-refractivity contribution < 1.29 is 0 Å². The van der Waals surface area contributed by atoms with Gasteiger partial charge < -0.3 is 5.32 Å². The minimum absolute atomic E-state index is 0.727. The van der Waals surface area contributed by atoms with Crippen LogP contribution < -0.4 is 5.32 Å². The molecule has 1 heterocycles. The summed E-state index contributed by atoms with van der Waals surface area (Å²) in [6.07, 6.45) is 0. The van der Waals surface area contributed by atoms with Crippen LogP contribution in [-0.4, -0.2) is 6.54 Å². The average Bonchev–Trinajstić information content (AvgIpc) is 2.83. The maximum absolute atomic E-state index is 3.29. The summed E-state index contributed by atoms with van der Waals surface area (Å²) in [7, 11) is 0. The molecule has 0 aliphatic heterocycles. The van der Waals surface area contributed by atoms with Crippen LogP contribution in [0.2, 0.25) is 0 Å². The number of hydrogen-bond donors (Lipinski definition) is 1. The maximum Gasteiger partial charge on any atom is 0.0582 e. The van der Waals surface area contributed by atoms with Gasteiger partial charge >= 0.3 is 0 Å². The first kappa shape index (κ1) is 10.9. The summed E-state index contributed by atoms with van der Waals surface area (Å²) >= 11 is 1.72. The van der Waals surface area contributed by atoms with E-state index in [1.807, 2.05) is 30.3 Å². The fourth-order valence-electron chi connectivity index (χ4n) is 1.33. The third-order valence-electron chi connectivity index (χ3n) is 2.13. The summed E-state index contributed by atoms with van der Waals surface area (Å²) in [6.45, 7) is 1.62. The van der Waals surface area contributed by atoms with Gasteiger partial charge in [0, 0.05) is 12.1 Å². The number of nitrogens with one attached hydrogen (secondary N) is 1. The van der Waals surface area contributed by atoms with Crippen molar-refractivity contribution in [2.45, 2.75) is 6.54 Å². The molecule has 1 aromatic heterocycles. The number of hydrogen-bond acceptors (Lipinski definition) is 2. The second-order valence-corrected chi connectivity index (χ2v) is 4.18. The van der Waals surface area contributed by atoms with Crippen molar-refractivity contribution in [2.75, 3.05) is 6.54 Å². The highest BCUT2D eigenvalue weighted by Crippen LogP contribution is 2.04. The summed E-state index contributed by atoms with van der Waals surface area (Å²) in [5, 5.41) is 7.53. The van der Waals surface area contributed by atoms with E-state index < -0.39 is 0 Å². The summed E-state index contributed by atoms with van der Waals surface area (Å²) in [5.74, 6) is 6.22. The van der Waals surface area contributed by atoms with Crippen LogP contribution in [0.3, 0.4) is 0 Å². The van der Waals surface area contributed by atoms with Gasteiger partial charge in [0.1, 0.15) is 0 Å². The van der Waals surface area contributed by atoms with Crippen LogP contribution in [-0.2, 0) is 6.54 Å². The van der Waals surface area contributed by atoms with Gasteiger partial charge in [0.25, 0.3) is 0 Å². The van der Waals surface area contributed by atoms with E-state index in [2.05, 4.69) is 34.0 Å². The van der Waals surface area contributed by atoms with Crippen molar-refractivity contribution in [3.8, 4) is 11.8 Å². The molecule has 0 amide bonds. The molecule has 80 valence electrons. The van der Waals surface area contributed by atoms with Crippen LogP contribution in [0.25, 0.3) is 0 Å². The second-order valence-electron chi connectivity index (χ2n) is 3.40. The molecule has 16 heavy (non-hydrogen) atoms. The largest absolute Gasteiger partial charge is 0.302 e. The summed E-state index contributed by atoms with van der Waals surface area (Å²) in [5.41, 5.74) is 2.39. The van der Waals surface area contributed by atoms with Gasteiger partial charge in [-0.2, -0.15) is 11.3 Å². The highest BCUT2D eigenvalue weighted by Gasteiger charge is 1.89. The molecule has 1 N–H and O–H groups in total. The molecule has 1 nitrogen and oxygen atoms in total. The predicted octanol–water partition coefficient (Wildman–Crippen LogP) is 2.89. The molecule has 2 aromatic rings. The Balaban J connectivity index is 1.74. The molecule has 2 heteroatoms. The van der Waals surface area contributed by atoms with E-state index >= 15 is 0 Å². The van der Waals surface area contributed by atoms with Gasteiger partial charge in [-0.1, -0.05) is 30.0 Å². The molecule has 0 radical (unpaired) electrons. The van der Waals surface area contributed by atoms with E-state index in [4.69, 9.17) is 0 Å². The monoisotopic (exact) mass is 227 g/mol. The molecule has 0 aliphatic rings. The Hall–Kier alpha value is -1.56. The van der Waals surface area contributed by atoms with Crippen LogP contribution in [0, 0.1) is 11.8 Å². The van der Waals surface area contributed by atoms with E-state index in [-0.39, 0.29) is 0 Å². The maximum atomic E-state index is 3.29. The molecule has 0 spiro atoms. The Morgan fingerprint density at radius 1 is 1.12 bits per heavy atom.